The van der Waals surface area contributed by atoms with E-state index < -0.39 is 10.8 Å². The van der Waals surface area contributed by atoms with Gasteiger partial charge in [-0.2, -0.15) is 0 Å². The van der Waals surface area contributed by atoms with Crippen LogP contribution in [0.4, 0.5) is 0 Å². The summed E-state index contributed by atoms with van der Waals surface area (Å²) in [7, 11) is -1.05. The van der Waals surface area contributed by atoms with Crippen molar-refractivity contribution in [1.29, 1.82) is 0 Å². The molecule has 88 valence electrons. The number of aromatic nitrogens is 2. The number of aryl methyl sites for hydroxylation is 1. The summed E-state index contributed by atoms with van der Waals surface area (Å²) < 4.78 is 12.0. The van der Waals surface area contributed by atoms with Crippen LogP contribution in [0.1, 0.15) is 18.5 Å². The van der Waals surface area contributed by atoms with E-state index >= 15 is 0 Å². The van der Waals surface area contributed by atoms with Gasteiger partial charge >= 0.3 is 0 Å². The Kier molecular flexibility index (Phi) is 4.01. The van der Waals surface area contributed by atoms with Crippen LogP contribution < -0.4 is 5.32 Å². The molecular formula is C11H17N3OS. The summed E-state index contributed by atoms with van der Waals surface area (Å²) in [5.41, 5.74) is 0.875. The predicted octanol–water partition coefficient (Wildman–Crippen LogP) is 0.892. The fourth-order valence-electron chi connectivity index (χ4n) is 1.89. The van der Waals surface area contributed by atoms with E-state index in [0.29, 0.717) is 16.8 Å². The number of piperidine rings is 1. The fourth-order valence-corrected chi connectivity index (χ4v) is 3.18. The van der Waals surface area contributed by atoms with Crippen molar-refractivity contribution in [2.75, 3.05) is 18.8 Å². The largest absolute Gasteiger partial charge is 0.316 e. The van der Waals surface area contributed by atoms with Crippen LogP contribution in [-0.2, 0) is 10.8 Å². The van der Waals surface area contributed by atoms with Crippen LogP contribution in [0.2, 0.25) is 0 Å². The van der Waals surface area contributed by atoms with Gasteiger partial charge in [0.2, 0.25) is 5.16 Å². The van der Waals surface area contributed by atoms with Gasteiger partial charge < -0.3 is 5.32 Å². The summed E-state index contributed by atoms with van der Waals surface area (Å²) in [6.45, 7) is 3.95. The Bertz CT molecular complexity index is 377. The molecule has 0 aliphatic carbocycles. The van der Waals surface area contributed by atoms with E-state index in [1.807, 2.05) is 13.0 Å². The van der Waals surface area contributed by atoms with Crippen molar-refractivity contribution in [2.24, 2.45) is 5.92 Å². The molecule has 0 unspecified atom stereocenters. The maximum absolute atomic E-state index is 12.0. The molecule has 1 aliphatic heterocycles. The molecule has 1 saturated heterocycles. The van der Waals surface area contributed by atoms with Gasteiger partial charge in [-0.1, -0.05) is 0 Å². The molecular weight excluding hydrogens is 222 g/mol. The van der Waals surface area contributed by atoms with Gasteiger partial charge in [0.1, 0.15) is 0 Å². The van der Waals surface area contributed by atoms with Crippen molar-refractivity contribution < 1.29 is 4.21 Å². The summed E-state index contributed by atoms with van der Waals surface area (Å²) in [5, 5.41) is 3.81. The second kappa shape index (κ2) is 5.50. The van der Waals surface area contributed by atoms with Gasteiger partial charge in [-0.25, -0.2) is 9.97 Å². The zero-order valence-electron chi connectivity index (χ0n) is 9.48. The Balaban J connectivity index is 1.97. The van der Waals surface area contributed by atoms with E-state index in [2.05, 4.69) is 15.3 Å². The lowest BCUT2D eigenvalue weighted by atomic mass is 10.0. The molecule has 16 heavy (non-hydrogen) atoms. The molecule has 0 aromatic carbocycles. The Morgan fingerprint density at radius 2 is 2.50 bits per heavy atom. The zero-order valence-corrected chi connectivity index (χ0v) is 10.3. The lowest BCUT2D eigenvalue weighted by Gasteiger charge is -2.21. The van der Waals surface area contributed by atoms with Gasteiger partial charge in [-0.15, -0.1) is 0 Å². The summed E-state index contributed by atoms with van der Waals surface area (Å²) in [5.74, 6) is 1.18. The fraction of sp³-hybridized carbons (Fsp3) is 0.636. The van der Waals surface area contributed by atoms with E-state index in [9.17, 15) is 4.21 Å². The average Bonchev–Trinajstić information content (AvgIpc) is 2.30. The minimum Gasteiger partial charge on any atom is -0.316 e. The van der Waals surface area contributed by atoms with E-state index in [1.54, 1.807) is 6.20 Å². The molecule has 2 rings (SSSR count). The third-order valence-corrected chi connectivity index (χ3v) is 4.14. The summed E-state index contributed by atoms with van der Waals surface area (Å²) in [6.07, 6.45) is 4.01. The topological polar surface area (TPSA) is 54.9 Å². The number of nitrogens with zero attached hydrogens (tertiary/aromatic N) is 2. The van der Waals surface area contributed by atoms with Gasteiger partial charge in [0.15, 0.2) is 0 Å². The number of hydrogen-bond donors (Lipinski definition) is 1. The highest BCUT2D eigenvalue weighted by molar-refractivity contribution is 7.84. The summed E-state index contributed by atoms with van der Waals surface area (Å²) in [6, 6.07) is 1.82. The average molecular weight is 239 g/mol. The van der Waals surface area contributed by atoms with E-state index in [4.69, 9.17) is 0 Å². The number of nitrogens with one attached hydrogen (secondary N) is 1. The second-order valence-electron chi connectivity index (χ2n) is 4.21. The predicted molar refractivity (Wildman–Crippen MR) is 63.6 cm³/mol. The van der Waals surface area contributed by atoms with Crippen molar-refractivity contribution in [3.05, 3.63) is 18.0 Å². The van der Waals surface area contributed by atoms with Crippen LogP contribution >= 0.6 is 0 Å². The van der Waals surface area contributed by atoms with Crippen LogP contribution in [0.15, 0.2) is 17.4 Å². The van der Waals surface area contributed by atoms with Crippen LogP contribution in [0.5, 0.6) is 0 Å². The molecule has 0 radical (unpaired) electrons. The first-order chi connectivity index (χ1) is 7.75. The second-order valence-corrected chi connectivity index (χ2v) is 5.59. The number of rotatable bonds is 3. The zero-order chi connectivity index (χ0) is 11.4. The van der Waals surface area contributed by atoms with Gasteiger partial charge in [0.05, 0.1) is 10.8 Å². The first kappa shape index (κ1) is 11.7. The number of hydrogen-bond acceptors (Lipinski definition) is 4. The first-order valence-electron chi connectivity index (χ1n) is 5.64. The molecule has 1 aliphatic rings. The third kappa shape index (κ3) is 3.09. The SMILES string of the molecule is Cc1ccnc([S@@](=O)C[C@@H]2CCCNC2)n1. The molecule has 5 heteroatoms. The Hall–Kier alpha value is -0.810. The smallest absolute Gasteiger partial charge is 0.218 e. The van der Waals surface area contributed by atoms with E-state index in [0.717, 1.165) is 25.2 Å². The van der Waals surface area contributed by atoms with Gasteiger partial charge in [-0.3, -0.25) is 4.21 Å². The minimum absolute atomic E-state index is 0.477. The standard InChI is InChI=1S/C11H17N3OS/c1-9-4-6-13-11(14-9)16(15)8-10-3-2-5-12-7-10/h4,6,10,12H,2-3,5,7-8H2,1H3/t10-,16+/m1/s1. The summed E-state index contributed by atoms with van der Waals surface area (Å²) >= 11 is 0. The molecule has 1 aromatic rings. The highest BCUT2D eigenvalue weighted by Gasteiger charge is 2.18. The van der Waals surface area contributed by atoms with Crippen molar-refractivity contribution in [1.82, 2.24) is 15.3 Å². The van der Waals surface area contributed by atoms with Crippen molar-refractivity contribution in [2.45, 2.75) is 24.9 Å². The van der Waals surface area contributed by atoms with Crippen LogP contribution in [0.3, 0.4) is 0 Å². The normalized spacial score (nSPS) is 22.9. The van der Waals surface area contributed by atoms with Gasteiger partial charge in [0.25, 0.3) is 0 Å². The Labute approximate surface area is 98.3 Å². The molecule has 1 aromatic heterocycles. The molecule has 2 heterocycles. The molecule has 2 atom stereocenters. The molecule has 1 fully saturated rings. The lowest BCUT2D eigenvalue weighted by Crippen LogP contribution is -2.32. The van der Waals surface area contributed by atoms with Crippen LogP contribution in [0, 0.1) is 12.8 Å². The molecule has 0 amide bonds. The monoisotopic (exact) mass is 239 g/mol. The summed E-state index contributed by atoms with van der Waals surface area (Å²) in [4.78, 5) is 8.28. The van der Waals surface area contributed by atoms with E-state index in [1.165, 1.54) is 6.42 Å². The van der Waals surface area contributed by atoms with Crippen LogP contribution in [-0.4, -0.2) is 33.0 Å². The third-order valence-electron chi connectivity index (χ3n) is 2.76. The highest BCUT2D eigenvalue weighted by atomic mass is 32.2. The van der Waals surface area contributed by atoms with Gasteiger partial charge in [-0.05, 0) is 44.8 Å². The molecule has 1 N–H and O–H groups in total. The molecule has 0 bridgehead atoms. The maximum Gasteiger partial charge on any atom is 0.218 e. The van der Waals surface area contributed by atoms with Crippen LogP contribution in [0.25, 0.3) is 0 Å². The lowest BCUT2D eigenvalue weighted by molar-refractivity contribution is 0.407. The Morgan fingerprint density at radius 1 is 1.62 bits per heavy atom. The highest BCUT2D eigenvalue weighted by Crippen LogP contribution is 2.13. The molecule has 4 nitrogen and oxygen atoms in total. The first-order valence-corrected chi connectivity index (χ1v) is 6.96. The van der Waals surface area contributed by atoms with Crippen molar-refractivity contribution in [3.63, 3.8) is 0 Å². The molecule has 0 spiro atoms. The van der Waals surface area contributed by atoms with Crippen molar-refractivity contribution >= 4 is 10.8 Å². The Morgan fingerprint density at radius 3 is 3.19 bits per heavy atom. The van der Waals surface area contributed by atoms with Gasteiger partial charge in [0, 0.05) is 17.6 Å². The molecule has 0 saturated carbocycles. The minimum atomic E-state index is -1.05. The maximum atomic E-state index is 12.0. The van der Waals surface area contributed by atoms with E-state index in [-0.39, 0.29) is 0 Å². The quantitative estimate of drug-likeness (QED) is 0.796. The van der Waals surface area contributed by atoms with Crippen molar-refractivity contribution in [3.8, 4) is 0 Å².